The van der Waals surface area contributed by atoms with Crippen molar-refractivity contribution in [2.75, 3.05) is 39.3 Å². The van der Waals surface area contributed by atoms with Gasteiger partial charge in [0.1, 0.15) is 18.0 Å². The van der Waals surface area contributed by atoms with Gasteiger partial charge < -0.3 is 19.7 Å². The first kappa shape index (κ1) is 23.0. The molecule has 0 radical (unpaired) electrons. The Bertz CT molecular complexity index is 859. The highest BCUT2D eigenvalue weighted by Gasteiger charge is 2.25. The second kappa shape index (κ2) is 10.6. The Morgan fingerprint density at radius 3 is 2.65 bits per heavy atom. The molecule has 1 aromatic heterocycles. The van der Waals surface area contributed by atoms with Gasteiger partial charge in [-0.2, -0.15) is 0 Å². The van der Waals surface area contributed by atoms with Crippen molar-refractivity contribution in [2.45, 2.75) is 33.0 Å². The summed E-state index contributed by atoms with van der Waals surface area (Å²) >= 11 is 1.52. The third kappa shape index (κ3) is 7.52. The number of thiazole rings is 1. The lowest BCUT2D eigenvalue weighted by Crippen LogP contribution is -2.51. The van der Waals surface area contributed by atoms with Crippen LogP contribution in [0, 0.1) is 0 Å². The van der Waals surface area contributed by atoms with Crippen molar-refractivity contribution < 1.29 is 19.1 Å². The van der Waals surface area contributed by atoms with Crippen molar-refractivity contribution in [2.24, 2.45) is 0 Å². The van der Waals surface area contributed by atoms with E-state index in [0.29, 0.717) is 37.6 Å². The van der Waals surface area contributed by atoms with E-state index < -0.39 is 5.60 Å². The van der Waals surface area contributed by atoms with Gasteiger partial charge in [0, 0.05) is 50.2 Å². The average molecular weight is 447 g/mol. The van der Waals surface area contributed by atoms with Crippen LogP contribution < -0.4 is 10.1 Å². The summed E-state index contributed by atoms with van der Waals surface area (Å²) in [4.78, 5) is 32.8. The summed E-state index contributed by atoms with van der Waals surface area (Å²) in [6.07, 6.45) is -0.266. The summed E-state index contributed by atoms with van der Waals surface area (Å²) in [6.45, 7) is 10.0. The Balaban J connectivity index is 1.38. The first-order chi connectivity index (χ1) is 14.8. The van der Waals surface area contributed by atoms with E-state index in [-0.39, 0.29) is 12.0 Å². The van der Waals surface area contributed by atoms with Crippen molar-refractivity contribution in [1.29, 1.82) is 0 Å². The molecule has 2 aromatic rings. The van der Waals surface area contributed by atoms with E-state index in [0.717, 1.165) is 25.3 Å². The first-order valence-corrected chi connectivity index (χ1v) is 11.3. The Labute approximate surface area is 187 Å². The number of carbonyl (C=O) groups excluding carboxylic acids is 2. The van der Waals surface area contributed by atoms with Gasteiger partial charge in [-0.15, -0.1) is 11.3 Å². The number of hydrogen-bond acceptors (Lipinski definition) is 7. The predicted molar refractivity (Wildman–Crippen MR) is 119 cm³/mol. The van der Waals surface area contributed by atoms with Crippen molar-refractivity contribution in [3.63, 3.8) is 0 Å². The molecule has 2 heterocycles. The number of rotatable bonds is 7. The van der Waals surface area contributed by atoms with Crippen molar-refractivity contribution >= 4 is 23.3 Å². The number of aromatic nitrogens is 1. The van der Waals surface area contributed by atoms with Crippen molar-refractivity contribution in [1.82, 2.24) is 20.1 Å². The van der Waals surface area contributed by atoms with Gasteiger partial charge >= 0.3 is 6.09 Å². The molecule has 8 nitrogen and oxygen atoms in total. The number of piperazine rings is 1. The second-order valence-electron chi connectivity index (χ2n) is 8.36. The number of carbonyl (C=O) groups is 2. The summed E-state index contributed by atoms with van der Waals surface area (Å²) < 4.78 is 11.1. The first-order valence-electron chi connectivity index (χ1n) is 10.4. The molecule has 31 heavy (non-hydrogen) atoms. The van der Waals surface area contributed by atoms with Crippen LogP contribution in [-0.2, 0) is 11.3 Å². The molecular formula is C22H30N4O4S. The Hall–Kier alpha value is -2.65. The van der Waals surface area contributed by atoms with Gasteiger partial charge in [-0.05, 0) is 39.0 Å². The lowest BCUT2D eigenvalue weighted by atomic mass is 10.2. The average Bonchev–Trinajstić information content (AvgIpc) is 3.25. The molecule has 0 spiro atoms. The van der Waals surface area contributed by atoms with Crippen LogP contribution >= 0.6 is 11.3 Å². The molecule has 0 unspecified atom stereocenters. The normalized spacial score (nSPS) is 14.9. The molecule has 0 saturated carbocycles. The number of ether oxygens (including phenoxy) is 2. The Morgan fingerprint density at radius 1 is 1.19 bits per heavy atom. The van der Waals surface area contributed by atoms with E-state index in [1.807, 2.05) is 32.2 Å². The molecule has 0 atom stereocenters. The molecule has 1 aromatic carbocycles. The van der Waals surface area contributed by atoms with Gasteiger partial charge in [-0.25, -0.2) is 9.78 Å². The lowest BCUT2D eigenvalue weighted by molar-refractivity contribution is 0.0147. The molecule has 1 aliphatic heterocycles. The molecule has 0 bridgehead atoms. The highest BCUT2D eigenvalue weighted by molar-refractivity contribution is 7.07. The van der Waals surface area contributed by atoms with Crippen LogP contribution in [0.4, 0.5) is 4.79 Å². The van der Waals surface area contributed by atoms with Gasteiger partial charge in [0.25, 0.3) is 5.91 Å². The molecule has 1 N–H and O–H groups in total. The summed E-state index contributed by atoms with van der Waals surface area (Å²) in [5.74, 6) is 0.505. The molecule has 1 aliphatic rings. The van der Waals surface area contributed by atoms with Crippen LogP contribution in [0.1, 0.15) is 36.8 Å². The molecular weight excluding hydrogens is 416 g/mol. The molecule has 2 amide bonds. The van der Waals surface area contributed by atoms with Crippen LogP contribution in [0.2, 0.25) is 0 Å². The van der Waals surface area contributed by atoms with Crippen LogP contribution in [0.25, 0.3) is 0 Å². The Morgan fingerprint density at radius 2 is 1.97 bits per heavy atom. The maximum absolute atomic E-state index is 12.5. The molecule has 0 aliphatic carbocycles. The van der Waals surface area contributed by atoms with Crippen LogP contribution in [0.5, 0.6) is 5.75 Å². The second-order valence-corrected chi connectivity index (χ2v) is 9.08. The SMILES string of the molecule is CC(C)(C)OC(=O)N1CCN(CCNC(=O)c2cccc(OCc3cscn3)c2)CC1. The van der Waals surface area contributed by atoms with Gasteiger partial charge in [0.2, 0.25) is 0 Å². The molecule has 3 rings (SSSR count). The van der Waals surface area contributed by atoms with E-state index in [1.165, 1.54) is 11.3 Å². The van der Waals surface area contributed by atoms with E-state index in [2.05, 4.69) is 15.2 Å². The zero-order valence-electron chi connectivity index (χ0n) is 18.3. The Kier molecular flexibility index (Phi) is 7.86. The summed E-state index contributed by atoms with van der Waals surface area (Å²) in [6, 6.07) is 7.14. The third-order valence-corrected chi connectivity index (χ3v) is 5.34. The number of nitrogens with one attached hydrogen (secondary N) is 1. The highest BCUT2D eigenvalue weighted by Crippen LogP contribution is 2.15. The number of benzene rings is 1. The van der Waals surface area contributed by atoms with E-state index >= 15 is 0 Å². The van der Waals surface area contributed by atoms with Crippen molar-refractivity contribution in [3.8, 4) is 5.75 Å². The molecule has 1 saturated heterocycles. The number of nitrogens with zero attached hydrogens (tertiary/aromatic N) is 3. The largest absolute Gasteiger partial charge is 0.487 e. The molecule has 1 fully saturated rings. The number of hydrogen-bond donors (Lipinski definition) is 1. The third-order valence-electron chi connectivity index (χ3n) is 4.70. The summed E-state index contributed by atoms with van der Waals surface area (Å²) in [5.41, 5.74) is 2.71. The monoisotopic (exact) mass is 446 g/mol. The molecule has 168 valence electrons. The fourth-order valence-corrected chi connectivity index (χ4v) is 3.65. The summed E-state index contributed by atoms with van der Waals surface area (Å²) in [7, 11) is 0. The van der Waals surface area contributed by atoms with E-state index in [1.54, 1.807) is 28.6 Å². The zero-order chi connectivity index (χ0) is 22.3. The minimum Gasteiger partial charge on any atom is -0.487 e. The maximum Gasteiger partial charge on any atom is 0.410 e. The minimum absolute atomic E-state index is 0.133. The summed E-state index contributed by atoms with van der Waals surface area (Å²) in [5, 5.41) is 4.89. The van der Waals surface area contributed by atoms with Crippen LogP contribution in [0.15, 0.2) is 35.2 Å². The fourth-order valence-electron chi connectivity index (χ4n) is 3.10. The smallest absolute Gasteiger partial charge is 0.410 e. The van der Waals surface area contributed by atoms with Crippen LogP contribution in [-0.4, -0.2) is 71.7 Å². The van der Waals surface area contributed by atoms with Gasteiger partial charge in [-0.1, -0.05) is 6.07 Å². The molecule has 9 heteroatoms. The predicted octanol–water partition coefficient (Wildman–Crippen LogP) is 3.00. The number of amides is 2. The standard InChI is InChI=1S/C22H30N4O4S/c1-22(2,3)30-21(28)26-11-9-25(10-12-26)8-7-23-20(27)17-5-4-6-19(13-17)29-14-18-15-31-16-24-18/h4-6,13,15-16H,7-12,14H2,1-3H3,(H,23,27). The zero-order valence-corrected chi connectivity index (χ0v) is 19.1. The van der Waals surface area contributed by atoms with Gasteiger partial charge in [0.15, 0.2) is 0 Å². The minimum atomic E-state index is -0.484. The lowest BCUT2D eigenvalue weighted by Gasteiger charge is -2.35. The van der Waals surface area contributed by atoms with E-state index in [9.17, 15) is 9.59 Å². The van der Waals surface area contributed by atoms with Gasteiger partial charge in [-0.3, -0.25) is 9.69 Å². The van der Waals surface area contributed by atoms with Gasteiger partial charge in [0.05, 0.1) is 11.2 Å². The van der Waals surface area contributed by atoms with E-state index in [4.69, 9.17) is 9.47 Å². The van der Waals surface area contributed by atoms with Crippen molar-refractivity contribution in [3.05, 3.63) is 46.4 Å². The highest BCUT2D eigenvalue weighted by atomic mass is 32.1. The quantitative estimate of drug-likeness (QED) is 0.704. The van der Waals surface area contributed by atoms with Crippen LogP contribution in [0.3, 0.4) is 0 Å². The fraction of sp³-hybridized carbons (Fsp3) is 0.500. The topological polar surface area (TPSA) is 84.0 Å². The maximum atomic E-state index is 12.5.